The number of carbonyl (C=O) groups is 1. The predicted octanol–water partition coefficient (Wildman–Crippen LogP) is 0.290. The molecule has 7 heteroatoms. The molecule has 1 heterocycles. The molecule has 21 heavy (non-hydrogen) atoms. The van der Waals surface area contributed by atoms with E-state index in [1.54, 1.807) is 0 Å². The van der Waals surface area contributed by atoms with E-state index in [0.717, 1.165) is 16.5 Å². The number of nitrogens with one attached hydrogen (secondary N) is 1. The molecule has 7 nitrogen and oxygen atoms in total. The van der Waals surface area contributed by atoms with Gasteiger partial charge < -0.3 is 20.9 Å². The third-order valence-corrected chi connectivity index (χ3v) is 2.97. The third-order valence-electron chi connectivity index (χ3n) is 2.97. The first-order chi connectivity index (χ1) is 9.99. The molecule has 2 rings (SSSR count). The van der Waals surface area contributed by atoms with Gasteiger partial charge in [-0.25, -0.2) is 0 Å². The highest BCUT2D eigenvalue weighted by Gasteiger charge is 2.18. The van der Waals surface area contributed by atoms with Crippen LogP contribution in [0.4, 0.5) is 0 Å². The summed E-state index contributed by atoms with van der Waals surface area (Å²) in [5, 5.41) is 19.6. The Hall–Kier alpha value is -2.47. The molecule has 0 bridgehead atoms. The van der Waals surface area contributed by atoms with Crippen molar-refractivity contribution in [1.29, 1.82) is 0 Å². The highest BCUT2D eigenvalue weighted by molar-refractivity contribution is 5.83. The van der Waals surface area contributed by atoms with Gasteiger partial charge in [-0.15, -0.1) is 0 Å². The molecule has 0 amide bonds. The minimum absolute atomic E-state index is 0.0504. The van der Waals surface area contributed by atoms with Gasteiger partial charge in [0.05, 0.1) is 6.10 Å². The molecular formula is C14H16N2O5. The van der Waals surface area contributed by atoms with Crippen molar-refractivity contribution in [3.63, 3.8) is 0 Å². The lowest BCUT2D eigenvalue weighted by Crippen LogP contribution is -2.34. The number of rotatable bonds is 5. The topological polar surface area (TPSA) is 133 Å². The van der Waals surface area contributed by atoms with E-state index in [9.17, 15) is 9.90 Å². The minimum Gasteiger partial charge on any atom is -0.480 e. The molecular weight excluding hydrogens is 276 g/mol. The SMILES string of the molecule is N[C@H](C[C@H](O)Cc1c[nH]c2ccccc12)C(=O)O.O=C=O. The van der Waals surface area contributed by atoms with Crippen LogP contribution in [0.1, 0.15) is 12.0 Å². The molecule has 0 unspecified atom stereocenters. The number of aromatic nitrogens is 1. The molecule has 0 fully saturated rings. The minimum atomic E-state index is -1.09. The third kappa shape index (κ3) is 4.85. The van der Waals surface area contributed by atoms with Crippen LogP contribution in [0.25, 0.3) is 10.9 Å². The van der Waals surface area contributed by atoms with Gasteiger partial charge >= 0.3 is 12.1 Å². The second-order valence-electron chi connectivity index (χ2n) is 4.48. The van der Waals surface area contributed by atoms with Crippen LogP contribution >= 0.6 is 0 Å². The zero-order valence-corrected chi connectivity index (χ0v) is 11.2. The number of H-pyrrole nitrogens is 1. The molecule has 0 aliphatic heterocycles. The monoisotopic (exact) mass is 292 g/mol. The number of hydrogen-bond donors (Lipinski definition) is 4. The maximum atomic E-state index is 10.6. The molecule has 1 aromatic heterocycles. The first-order valence-corrected chi connectivity index (χ1v) is 6.20. The lowest BCUT2D eigenvalue weighted by atomic mass is 10.0. The number of aliphatic hydroxyl groups is 1. The number of nitrogens with two attached hydrogens (primary N) is 1. The Bertz CT molecular complexity index is 631. The normalized spacial score (nSPS) is 12.9. The van der Waals surface area contributed by atoms with Crippen LogP contribution < -0.4 is 5.73 Å². The Kier molecular flexibility index (Phi) is 6.29. The summed E-state index contributed by atoms with van der Waals surface area (Å²) >= 11 is 0. The number of benzene rings is 1. The van der Waals surface area contributed by atoms with Gasteiger partial charge in [0.15, 0.2) is 0 Å². The first-order valence-electron chi connectivity index (χ1n) is 6.20. The average Bonchev–Trinajstić information content (AvgIpc) is 2.83. The van der Waals surface area contributed by atoms with Crippen LogP contribution in [0.3, 0.4) is 0 Å². The summed E-state index contributed by atoms with van der Waals surface area (Å²) in [7, 11) is 0. The lowest BCUT2D eigenvalue weighted by molar-refractivity contribution is -0.191. The zero-order valence-electron chi connectivity index (χ0n) is 11.2. The van der Waals surface area contributed by atoms with Gasteiger partial charge in [0, 0.05) is 23.5 Å². The predicted molar refractivity (Wildman–Crippen MR) is 73.2 cm³/mol. The Balaban J connectivity index is 0.000000677. The number of carboxylic acids is 1. The van der Waals surface area contributed by atoms with E-state index in [-0.39, 0.29) is 12.6 Å². The molecule has 1 aromatic carbocycles. The van der Waals surface area contributed by atoms with Crippen molar-refractivity contribution in [3.05, 3.63) is 36.0 Å². The van der Waals surface area contributed by atoms with E-state index in [1.165, 1.54) is 0 Å². The zero-order chi connectivity index (χ0) is 15.8. The number of aromatic amines is 1. The molecule has 0 saturated heterocycles. The largest absolute Gasteiger partial charge is 0.480 e. The Morgan fingerprint density at radius 2 is 1.95 bits per heavy atom. The summed E-state index contributed by atoms with van der Waals surface area (Å²) in [5.74, 6) is -1.09. The van der Waals surface area contributed by atoms with Gasteiger partial charge in [-0.3, -0.25) is 4.79 Å². The second-order valence-corrected chi connectivity index (χ2v) is 4.48. The summed E-state index contributed by atoms with van der Waals surface area (Å²) in [5.41, 5.74) is 7.36. The standard InChI is InChI=1S/C13H16N2O3.CO2/c14-11(13(17)18)6-9(16)5-8-7-15-12-4-2-1-3-10(8)12;2-1-3/h1-4,7,9,11,15-16H,5-6,14H2,(H,17,18);/t9-,11-;/m1./s1. The van der Waals surface area contributed by atoms with Gasteiger partial charge in [0.2, 0.25) is 0 Å². The van der Waals surface area contributed by atoms with E-state index in [2.05, 4.69) is 4.98 Å². The van der Waals surface area contributed by atoms with Gasteiger partial charge in [0.25, 0.3) is 0 Å². The number of aliphatic carboxylic acids is 1. The Labute approximate surface area is 120 Å². The van der Waals surface area contributed by atoms with Crippen LogP contribution in [0.15, 0.2) is 30.5 Å². The van der Waals surface area contributed by atoms with Gasteiger partial charge in [0.1, 0.15) is 6.04 Å². The molecule has 112 valence electrons. The van der Waals surface area contributed by atoms with E-state index < -0.39 is 18.1 Å². The fourth-order valence-electron chi connectivity index (χ4n) is 2.03. The van der Waals surface area contributed by atoms with Crippen LogP contribution in [-0.2, 0) is 20.8 Å². The number of fused-ring (bicyclic) bond motifs is 1. The maximum absolute atomic E-state index is 10.6. The van der Waals surface area contributed by atoms with E-state index in [1.807, 2.05) is 30.5 Å². The molecule has 0 spiro atoms. The van der Waals surface area contributed by atoms with Crippen molar-refractivity contribution < 1.29 is 24.6 Å². The molecule has 0 aliphatic carbocycles. The van der Waals surface area contributed by atoms with E-state index in [0.29, 0.717) is 6.42 Å². The van der Waals surface area contributed by atoms with Crippen molar-refractivity contribution in [2.45, 2.75) is 25.0 Å². The van der Waals surface area contributed by atoms with Crippen molar-refractivity contribution in [3.8, 4) is 0 Å². The number of carboxylic acid groups (broad SMARTS) is 1. The van der Waals surface area contributed by atoms with Gasteiger partial charge in [-0.05, 0) is 18.1 Å². The highest BCUT2D eigenvalue weighted by atomic mass is 16.4. The number of aliphatic hydroxyl groups excluding tert-OH is 1. The van der Waals surface area contributed by atoms with Crippen LogP contribution in [0.2, 0.25) is 0 Å². The van der Waals surface area contributed by atoms with Crippen molar-refractivity contribution in [2.75, 3.05) is 0 Å². The Morgan fingerprint density at radius 1 is 1.33 bits per heavy atom. The van der Waals surface area contributed by atoms with Crippen molar-refractivity contribution >= 4 is 23.0 Å². The van der Waals surface area contributed by atoms with Crippen LogP contribution in [-0.4, -0.2) is 39.5 Å². The Morgan fingerprint density at radius 3 is 2.57 bits per heavy atom. The average molecular weight is 292 g/mol. The quantitative estimate of drug-likeness (QED) is 0.626. The molecule has 2 atom stereocenters. The fourth-order valence-corrected chi connectivity index (χ4v) is 2.03. The second kappa shape index (κ2) is 7.96. The van der Waals surface area contributed by atoms with Gasteiger partial charge in [-0.2, -0.15) is 9.59 Å². The van der Waals surface area contributed by atoms with Crippen molar-refractivity contribution in [2.24, 2.45) is 5.73 Å². The molecule has 0 radical (unpaired) electrons. The summed E-state index contributed by atoms with van der Waals surface area (Å²) in [6.45, 7) is 0. The van der Waals surface area contributed by atoms with Crippen molar-refractivity contribution in [1.82, 2.24) is 4.98 Å². The van der Waals surface area contributed by atoms with E-state index >= 15 is 0 Å². The van der Waals surface area contributed by atoms with Crippen LogP contribution in [0.5, 0.6) is 0 Å². The number of carbonyl (C=O) groups excluding carboxylic acids is 2. The van der Waals surface area contributed by atoms with Gasteiger partial charge in [-0.1, -0.05) is 18.2 Å². The molecule has 5 N–H and O–H groups in total. The number of hydrogen-bond acceptors (Lipinski definition) is 5. The maximum Gasteiger partial charge on any atom is 0.373 e. The summed E-state index contributed by atoms with van der Waals surface area (Å²) in [6.07, 6.45) is 1.77. The summed E-state index contributed by atoms with van der Waals surface area (Å²) in [4.78, 5) is 30.0. The van der Waals surface area contributed by atoms with E-state index in [4.69, 9.17) is 20.4 Å². The summed E-state index contributed by atoms with van der Waals surface area (Å²) < 4.78 is 0. The van der Waals surface area contributed by atoms with Crippen LogP contribution in [0, 0.1) is 0 Å². The summed E-state index contributed by atoms with van der Waals surface area (Å²) in [6, 6.07) is 6.75. The fraction of sp³-hybridized carbons (Fsp3) is 0.286. The molecule has 2 aromatic rings. The first kappa shape index (κ1) is 16.6. The number of para-hydroxylation sites is 1. The lowest BCUT2D eigenvalue weighted by Gasteiger charge is -2.12. The molecule has 0 saturated carbocycles. The molecule has 0 aliphatic rings. The highest BCUT2D eigenvalue weighted by Crippen LogP contribution is 2.19. The smallest absolute Gasteiger partial charge is 0.373 e.